The number of rotatable bonds is 4. The highest BCUT2D eigenvalue weighted by Crippen LogP contribution is 2.30. The van der Waals surface area contributed by atoms with Crippen molar-refractivity contribution in [2.24, 2.45) is 0 Å². The predicted molar refractivity (Wildman–Crippen MR) is 64.2 cm³/mol. The summed E-state index contributed by atoms with van der Waals surface area (Å²) in [6.45, 7) is 1.03. The Kier molecular flexibility index (Phi) is 3.84. The van der Waals surface area contributed by atoms with E-state index >= 15 is 0 Å². The normalized spacial score (nSPS) is 19.4. The number of benzene rings is 1. The minimum atomic E-state index is -0.226. The lowest BCUT2D eigenvalue weighted by Gasteiger charge is -2.14. The molecule has 1 aromatic carbocycles. The van der Waals surface area contributed by atoms with Crippen molar-refractivity contribution in [2.45, 2.75) is 25.3 Å². The maximum atomic E-state index is 13.8. The second-order valence-electron chi connectivity index (χ2n) is 4.30. The zero-order valence-electron chi connectivity index (χ0n) is 10.3. The molecule has 1 saturated heterocycles. The molecule has 1 fully saturated rings. The minimum absolute atomic E-state index is 0.226. The average molecular weight is 239 g/mol. The van der Waals surface area contributed by atoms with Crippen molar-refractivity contribution < 1.29 is 13.9 Å². The van der Waals surface area contributed by atoms with Crippen molar-refractivity contribution in [2.75, 3.05) is 20.8 Å². The van der Waals surface area contributed by atoms with Crippen molar-refractivity contribution in [3.63, 3.8) is 0 Å². The van der Waals surface area contributed by atoms with E-state index in [0.29, 0.717) is 29.5 Å². The minimum Gasteiger partial charge on any atom is -0.493 e. The molecule has 1 aromatic rings. The van der Waals surface area contributed by atoms with E-state index in [1.807, 2.05) is 0 Å². The fourth-order valence-electron chi connectivity index (χ4n) is 2.25. The second kappa shape index (κ2) is 5.36. The number of ether oxygens (including phenoxy) is 2. The van der Waals surface area contributed by atoms with Gasteiger partial charge in [0.05, 0.1) is 14.2 Å². The van der Waals surface area contributed by atoms with E-state index < -0.39 is 0 Å². The molecule has 17 heavy (non-hydrogen) atoms. The molecule has 0 radical (unpaired) electrons. The molecule has 1 N–H and O–H groups in total. The Morgan fingerprint density at radius 3 is 2.59 bits per heavy atom. The van der Waals surface area contributed by atoms with Crippen molar-refractivity contribution in [3.05, 3.63) is 23.5 Å². The van der Waals surface area contributed by atoms with Gasteiger partial charge in [-0.2, -0.15) is 0 Å². The lowest BCUT2D eigenvalue weighted by Crippen LogP contribution is -2.24. The van der Waals surface area contributed by atoms with Crippen LogP contribution in [0.1, 0.15) is 18.4 Å². The summed E-state index contributed by atoms with van der Waals surface area (Å²) >= 11 is 0. The first kappa shape index (κ1) is 12.2. The topological polar surface area (TPSA) is 30.5 Å². The van der Waals surface area contributed by atoms with Crippen LogP contribution in [0.3, 0.4) is 0 Å². The van der Waals surface area contributed by atoms with Gasteiger partial charge in [-0.25, -0.2) is 4.39 Å². The highest BCUT2D eigenvalue weighted by atomic mass is 19.1. The monoisotopic (exact) mass is 239 g/mol. The third kappa shape index (κ3) is 2.69. The molecule has 0 aliphatic carbocycles. The number of halogens is 1. The summed E-state index contributed by atoms with van der Waals surface area (Å²) in [4.78, 5) is 0. The molecule has 1 heterocycles. The third-order valence-electron chi connectivity index (χ3n) is 3.18. The molecule has 0 aromatic heterocycles. The van der Waals surface area contributed by atoms with E-state index in [1.54, 1.807) is 13.2 Å². The zero-order valence-corrected chi connectivity index (χ0v) is 10.3. The number of methoxy groups -OCH3 is 2. The standard InChI is InChI=1S/C13H18FNO2/c1-16-12-7-9(6-10-4-3-5-15-10)11(14)8-13(12)17-2/h7-8,10,15H,3-6H2,1-2H3. The fourth-order valence-corrected chi connectivity index (χ4v) is 2.25. The van der Waals surface area contributed by atoms with E-state index in [2.05, 4.69) is 5.32 Å². The van der Waals surface area contributed by atoms with Gasteiger partial charge in [0.25, 0.3) is 0 Å². The van der Waals surface area contributed by atoms with Crippen molar-refractivity contribution in [3.8, 4) is 11.5 Å². The molecule has 1 atom stereocenters. The van der Waals surface area contributed by atoms with E-state index in [4.69, 9.17) is 9.47 Å². The summed E-state index contributed by atoms with van der Waals surface area (Å²) < 4.78 is 24.1. The Morgan fingerprint density at radius 1 is 1.29 bits per heavy atom. The van der Waals surface area contributed by atoms with Gasteiger partial charge < -0.3 is 14.8 Å². The highest BCUT2D eigenvalue weighted by molar-refractivity contribution is 5.44. The van der Waals surface area contributed by atoms with Gasteiger partial charge >= 0.3 is 0 Å². The van der Waals surface area contributed by atoms with Gasteiger partial charge in [-0.05, 0) is 37.4 Å². The lowest BCUT2D eigenvalue weighted by atomic mass is 10.0. The number of hydrogen-bond donors (Lipinski definition) is 1. The van der Waals surface area contributed by atoms with Crippen LogP contribution in [0.4, 0.5) is 4.39 Å². The molecule has 1 aliphatic heterocycles. The van der Waals surface area contributed by atoms with Crippen LogP contribution >= 0.6 is 0 Å². The molecular weight excluding hydrogens is 221 g/mol. The van der Waals surface area contributed by atoms with E-state index in [1.165, 1.54) is 19.6 Å². The molecule has 4 heteroatoms. The van der Waals surface area contributed by atoms with Gasteiger partial charge in [0, 0.05) is 12.1 Å². The van der Waals surface area contributed by atoms with Gasteiger partial charge in [-0.15, -0.1) is 0 Å². The molecular formula is C13H18FNO2. The SMILES string of the molecule is COc1cc(F)c(CC2CCCN2)cc1OC. The summed E-state index contributed by atoms with van der Waals surface area (Å²) in [5, 5.41) is 3.36. The summed E-state index contributed by atoms with van der Waals surface area (Å²) in [6.07, 6.45) is 2.97. The average Bonchev–Trinajstić information content (AvgIpc) is 2.84. The molecule has 0 saturated carbocycles. The van der Waals surface area contributed by atoms with Gasteiger partial charge in [0.1, 0.15) is 5.82 Å². The summed E-state index contributed by atoms with van der Waals surface area (Å²) in [7, 11) is 3.07. The first-order valence-corrected chi connectivity index (χ1v) is 5.88. The molecule has 0 bridgehead atoms. The Balaban J connectivity index is 2.20. The van der Waals surface area contributed by atoms with Gasteiger partial charge in [0.15, 0.2) is 11.5 Å². The quantitative estimate of drug-likeness (QED) is 0.873. The van der Waals surface area contributed by atoms with Crippen molar-refractivity contribution >= 4 is 0 Å². The molecule has 1 unspecified atom stereocenters. The highest BCUT2D eigenvalue weighted by Gasteiger charge is 2.18. The molecule has 0 amide bonds. The maximum Gasteiger partial charge on any atom is 0.163 e. The molecule has 2 rings (SSSR count). The van der Waals surface area contributed by atoms with Crippen LogP contribution < -0.4 is 14.8 Å². The Bertz CT molecular complexity index is 389. The second-order valence-corrected chi connectivity index (χ2v) is 4.30. The van der Waals surface area contributed by atoms with Crippen LogP contribution in [-0.4, -0.2) is 26.8 Å². The summed E-state index contributed by atoms with van der Waals surface area (Å²) in [5.74, 6) is 0.798. The van der Waals surface area contributed by atoms with Crippen LogP contribution in [0.5, 0.6) is 11.5 Å². The Hall–Kier alpha value is -1.29. The summed E-state index contributed by atoms with van der Waals surface area (Å²) in [6, 6.07) is 3.50. The summed E-state index contributed by atoms with van der Waals surface area (Å²) in [5.41, 5.74) is 0.682. The third-order valence-corrected chi connectivity index (χ3v) is 3.18. The molecule has 94 valence electrons. The molecule has 1 aliphatic rings. The molecule has 0 spiro atoms. The van der Waals surface area contributed by atoms with Crippen LogP contribution in [0.25, 0.3) is 0 Å². The molecule has 3 nitrogen and oxygen atoms in total. The Labute approximate surface area is 101 Å². The number of nitrogens with one attached hydrogen (secondary N) is 1. The van der Waals surface area contributed by atoms with E-state index in [-0.39, 0.29) is 5.82 Å². The lowest BCUT2D eigenvalue weighted by molar-refractivity contribution is 0.351. The van der Waals surface area contributed by atoms with E-state index in [0.717, 1.165) is 13.0 Å². The zero-order chi connectivity index (χ0) is 12.3. The fraction of sp³-hybridized carbons (Fsp3) is 0.538. The van der Waals surface area contributed by atoms with Gasteiger partial charge in [-0.1, -0.05) is 0 Å². The van der Waals surface area contributed by atoms with Gasteiger partial charge in [-0.3, -0.25) is 0 Å². The van der Waals surface area contributed by atoms with Crippen molar-refractivity contribution in [1.82, 2.24) is 5.32 Å². The largest absolute Gasteiger partial charge is 0.493 e. The van der Waals surface area contributed by atoms with Crippen LogP contribution in [0, 0.1) is 5.82 Å². The smallest absolute Gasteiger partial charge is 0.163 e. The van der Waals surface area contributed by atoms with Gasteiger partial charge in [0.2, 0.25) is 0 Å². The van der Waals surface area contributed by atoms with E-state index in [9.17, 15) is 4.39 Å². The van der Waals surface area contributed by atoms with Crippen molar-refractivity contribution in [1.29, 1.82) is 0 Å². The predicted octanol–water partition coefficient (Wildman–Crippen LogP) is 2.14. The van der Waals surface area contributed by atoms with Crippen LogP contribution in [-0.2, 0) is 6.42 Å². The maximum absolute atomic E-state index is 13.8. The van der Waals surface area contributed by atoms with Crippen LogP contribution in [0.2, 0.25) is 0 Å². The first-order valence-electron chi connectivity index (χ1n) is 5.88. The first-order chi connectivity index (χ1) is 8.24. The number of hydrogen-bond acceptors (Lipinski definition) is 3. The van der Waals surface area contributed by atoms with Crippen LogP contribution in [0.15, 0.2) is 12.1 Å². The Morgan fingerprint density at radius 2 is 2.00 bits per heavy atom.